The van der Waals surface area contributed by atoms with Crippen molar-refractivity contribution in [3.8, 4) is 0 Å². The van der Waals surface area contributed by atoms with E-state index in [1.165, 1.54) is 5.56 Å². The number of hydrogen-bond acceptors (Lipinski definition) is 3. The van der Waals surface area contributed by atoms with Crippen molar-refractivity contribution >= 4 is 29.9 Å². The molecule has 1 heterocycles. The second kappa shape index (κ2) is 8.47. The van der Waals surface area contributed by atoms with Crippen LogP contribution in [0.5, 0.6) is 0 Å². The molecule has 6 heteroatoms. The van der Waals surface area contributed by atoms with E-state index >= 15 is 0 Å². The van der Waals surface area contributed by atoms with E-state index in [1.807, 2.05) is 29.2 Å². The third-order valence-electron chi connectivity index (χ3n) is 3.40. The maximum atomic E-state index is 11.7. The molecule has 1 amide bonds. The number of rotatable bonds is 4. The predicted octanol–water partition coefficient (Wildman–Crippen LogP) is 1.75. The second-order valence-corrected chi connectivity index (χ2v) is 5.26. The van der Waals surface area contributed by atoms with E-state index in [2.05, 4.69) is 4.90 Å². The second-order valence-electron chi connectivity index (χ2n) is 4.82. The summed E-state index contributed by atoms with van der Waals surface area (Å²) < 4.78 is 0. The van der Waals surface area contributed by atoms with Gasteiger partial charge < -0.3 is 10.6 Å². The van der Waals surface area contributed by atoms with Crippen LogP contribution in [0, 0.1) is 0 Å². The summed E-state index contributed by atoms with van der Waals surface area (Å²) in [6, 6.07) is 7.93. The van der Waals surface area contributed by atoms with Crippen molar-refractivity contribution in [3.05, 3.63) is 34.9 Å². The van der Waals surface area contributed by atoms with Crippen LogP contribution in [0.1, 0.15) is 12.0 Å². The van der Waals surface area contributed by atoms with Gasteiger partial charge in [0.25, 0.3) is 0 Å². The lowest BCUT2D eigenvalue weighted by Crippen LogP contribution is -2.48. The van der Waals surface area contributed by atoms with Crippen LogP contribution in [0.15, 0.2) is 24.3 Å². The van der Waals surface area contributed by atoms with Crippen LogP contribution in [0.3, 0.4) is 0 Å². The molecule has 1 aromatic carbocycles. The lowest BCUT2D eigenvalue weighted by atomic mass is 10.2. The number of carbonyl (C=O) groups excluding carboxylic acids is 1. The Balaban J connectivity index is 0.00000200. The molecule has 0 aliphatic carbocycles. The maximum Gasteiger partial charge on any atom is 0.223 e. The first kappa shape index (κ1) is 17.2. The van der Waals surface area contributed by atoms with Gasteiger partial charge >= 0.3 is 0 Å². The van der Waals surface area contributed by atoms with Crippen LogP contribution in [-0.2, 0) is 11.3 Å². The molecule has 20 heavy (non-hydrogen) atoms. The highest BCUT2D eigenvalue weighted by Gasteiger charge is 2.20. The fourth-order valence-electron chi connectivity index (χ4n) is 2.28. The van der Waals surface area contributed by atoms with E-state index in [0.29, 0.717) is 13.0 Å². The monoisotopic (exact) mass is 317 g/mol. The predicted molar refractivity (Wildman–Crippen MR) is 84.2 cm³/mol. The quantitative estimate of drug-likeness (QED) is 0.920. The first-order valence-corrected chi connectivity index (χ1v) is 7.01. The zero-order valence-electron chi connectivity index (χ0n) is 11.4. The first-order chi connectivity index (χ1) is 9.19. The zero-order chi connectivity index (χ0) is 13.7. The van der Waals surface area contributed by atoms with Gasteiger partial charge in [-0.1, -0.05) is 23.7 Å². The van der Waals surface area contributed by atoms with Crippen molar-refractivity contribution in [2.45, 2.75) is 13.0 Å². The SMILES string of the molecule is Cl.NCCC(=O)N1CCN(Cc2ccc(Cl)cc2)CC1. The minimum absolute atomic E-state index is 0. The van der Waals surface area contributed by atoms with Crippen LogP contribution in [0.4, 0.5) is 0 Å². The number of piperazine rings is 1. The summed E-state index contributed by atoms with van der Waals surface area (Å²) in [5.74, 6) is 0.175. The topological polar surface area (TPSA) is 49.6 Å². The molecule has 0 spiro atoms. The standard InChI is InChI=1S/C14H20ClN3O.ClH/c15-13-3-1-12(2-4-13)11-17-7-9-18(10-8-17)14(19)5-6-16;/h1-4H,5-11,16H2;1H. The number of amides is 1. The highest BCUT2D eigenvalue weighted by molar-refractivity contribution is 6.30. The molecule has 1 fully saturated rings. The molecule has 0 aromatic heterocycles. The summed E-state index contributed by atoms with van der Waals surface area (Å²) in [6.45, 7) is 4.77. The summed E-state index contributed by atoms with van der Waals surface area (Å²) in [5.41, 5.74) is 6.66. The van der Waals surface area contributed by atoms with E-state index in [4.69, 9.17) is 17.3 Å². The minimum atomic E-state index is 0. The molecule has 1 aliphatic heterocycles. The van der Waals surface area contributed by atoms with Gasteiger partial charge in [-0.05, 0) is 17.7 Å². The van der Waals surface area contributed by atoms with Gasteiger partial charge in [0.05, 0.1) is 0 Å². The first-order valence-electron chi connectivity index (χ1n) is 6.63. The Labute approximate surface area is 131 Å². The normalized spacial score (nSPS) is 15.8. The Bertz CT molecular complexity index is 417. The van der Waals surface area contributed by atoms with Crippen molar-refractivity contribution in [1.29, 1.82) is 0 Å². The van der Waals surface area contributed by atoms with Crippen molar-refractivity contribution < 1.29 is 4.79 Å². The third kappa shape index (κ3) is 4.94. The fourth-order valence-corrected chi connectivity index (χ4v) is 2.41. The average Bonchev–Trinajstić information content (AvgIpc) is 2.42. The summed E-state index contributed by atoms with van der Waals surface area (Å²) in [6.07, 6.45) is 0.456. The molecule has 0 bridgehead atoms. The van der Waals surface area contributed by atoms with E-state index in [9.17, 15) is 4.79 Å². The highest BCUT2D eigenvalue weighted by atomic mass is 35.5. The number of halogens is 2. The Kier molecular flexibility index (Phi) is 7.30. The molecule has 2 rings (SSSR count). The molecule has 1 aliphatic rings. The van der Waals surface area contributed by atoms with Crippen molar-refractivity contribution in [2.24, 2.45) is 5.73 Å². The molecule has 0 atom stereocenters. The molecule has 112 valence electrons. The molecular formula is C14H21Cl2N3O. The van der Waals surface area contributed by atoms with E-state index < -0.39 is 0 Å². The summed E-state index contributed by atoms with van der Waals surface area (Å²) in [4.78, 5) is 16.0. The molecule has 1 saturated heterocycles. The maximum absolute atomic E-state index is 11.7. The summed E-state index contributed by atoms with van der Waals surface area (Å²) in [5, 5.41) is 0.765. The van der Waals surface area contributed by atoms with Crippen LogP contribution < -0.4 is 5.73 Å². The summed E-state index contributed by atoms with van der Waals surface area (Å²) in [7, 11) is 0. The Morgan fingerprint density at radius 1 is 1.15 bits per heavy atom. The lowest BCUT2D eigenvalue weighted by Gasteiger charge is -2.34. The average molecular weight is 318 g/mol. The van der Waals surface area contributed by atoms with Gasteiger partial charge in [0.1, 0.15) is 0 Å². The van der Waals surface area contributed by atoms with Crippen LogP contribution in [-0.4, -0.2) is 48.4 Å². The molecule has 0 saturated carbocycles. The molecule has 0 unspecified atom stereocenters. The van der Waals surface area contributed by atoms with Gasteiger partial charge in [-0.3, -0.25) is 9.69 Å². The number of nitrogens with zero attached hydrogens (tertiary/aromatic N) is 2. The van der Waals surface area contributed by atoms with Gasteiger partial charge in [-0.25, -0.2) is 0 Å². The Morgan fingerprint density at radius 3 is 2.30 bits per heavy atom. The summed E-state index contributed by atoms with van der Waals surface area (Å²) >= 11 is 5.87. The number of carbonyl (C=O) groups is 1. The highest BCUT2D eigenvalue weighted by Crippen LogP contribution is 2.13. The molecule has 4 nitrogen and oxygen atoms in total. The van der Waals surface area contributed by atoms with Gasteiger partial charge in [0, 0.05) is 50.7 Å². The van der Waals surface area contributed by atoms with Crippen LogP contribution in [0.2, 0.25) is 5.02 Å². The molecule has 2 N–H and O–H groups in total. The van der Waals surface area contributed by atoms with Crippen molar-refractivity contribution in [2.75, 3.05) is 32.7 Å². The van der Waals surface area contributed by atoms with E-state index in [1.54, 1.807) is 0 Å². The lowest BCUT2D eigenvalue weighted by molar-refractivity contribution is -0.132. The molecule has 0 radical (unpaired) electrons. The molecule has 1 aromatic rings. The fraction of sp³-hybridized carbons (Fsp3) is 0.500. The smallest absolute Gasteiger partial charge is 0.223 e. The van der Waals surface area contributed by atoms with E-state index in [-0.39, 0.29) is 18.3 Å². The van der Waals surface area contributed by atoms with E-state index in [0.717, 1.165) is 37.7 Å². The number of nitrogens with two attached hydrogens (primary N) is 1. The van der Waals surface area contributed by atoms with Crippen molar-refractivity contribution in [1.82, 2.24) is 9.80 Å². The van der Waals surface area contributed by atoms with Crippen LogP contribution >= 0.6 is 24.0 Å². The Morgan fingerprint density at radius 2 is 1.75 bits per heavy atom. The minimum Gasteiger partial charge on any atom is -0.340 e. The number of benzene rings is 1. The van der Waals surface area contributed by atoms with Gasteiger partial charge in [-0.2, -0.15) is 0 Å². The largest absolute Gasteiger partial charge is 0.340 e. The van der Waals surface area contributed by atoms with Gasteiger partial charge in [0.15, 0.2) is 0 Å². The van der Waals surface area contributed by atoms with Crippen molar-refractivity contribution in [3.63, 3.8) is 0 Å². The zero-order valence-corrected chi connectivity index (χ0v) is 13.0. The number of hydrogen-bond donors (Lipinski definition) is 1. The molecular weight excluding hydrogens is 297 g/mol. The van der Waals surface area contributed by atoms with Gasteiger partial charge in [-0.15, -0.1) is 12.4 Å². The van der Waals surface area contributed by atoms with Crippen LogP contribution in [0.25, 0.3) is 0 Å². The third-order valence-corrected chi connectivity index (χ3v) is 3.65. The Hall–Kier alpha value is -0.810. The van der Waals surface area contributed by atoms with Gasteiger partial charge in [0.2, 0.25) is 5.91 Å².